The van der Waals surface area contributed by atoms with Gasteiger partial charge in [0.25, 0.3) is 0 Å². The summed E-state index contributed by atoms with van der Waals surface area (Å²) in [6.45, 7) is -6.50. The number of pyridine rings is 1. The molecule has 0 bridgehead atoms. The molecule has 0 N–H and O–H groups in total. The third kappa shape index (κ3) is 5.32. The van der Waals surface area contributed by atoms with E-state index in [2.05, 4.69) is 35.6 Å². The molecule has 0 amide bonds. The lowest BCUT2D eigenvalue weighted by molar-refractivity contribution is -0.615. The van der Waals surface area contributed by atoms with Gasteiger partial charge in [-0.15, -0.1) is 10.2 Å². The van der Waals surface area contributed by atoms with Crippen molar-refractivity contribution in [2.75, 3.05) is 6.61 Å². The van der Waals surface area contributed by atoms with Crippen molar-refractivity contribution in [2.24, 2.45) is 0 Å². The molecule has 0 radical (unpaired) electrons. The molecular weight excluding hydrogens is 567 g/mol. The first-order valence-electron chi connectivity index (χ1n) is 11.3. The number of benzene rings is 1. The Bertz CT molecular complexity index is 1610. The first-order chi connectivity index (χ1) is 19.2. The SMILES string of the molecule is [O-][n+]1cc(-c2c(-n3cnnn3)ccc(Cl)c2F)ccc1[C@@H](CCOC(F)F)n1cnc(-c2cnnn2C(F)F)c1. The molecule has 0 unspecified atom stereocenters. The van der Waals surface area contributed by atoms with Crippen LogP contribution in [0.3, 0.4) is 0 Å². The Morgan fingerprint density at radius 2 is 1.88 bits per heavy atom. The summed E-state index contributed by atoms with van der Waals surface area (Å²) in [7, 11) is 0. The van der Waals surface area contributed by atoms with E-state index in [0.29, 0.717) is 9.41 Å². The normalized spacial score (nSPS) is 12.5. The van der Waals surface area contributed by atoms with Crippen LogP contribution >= 0.6 is 11.6 Å². The van der Waals surface area contributed by atoms with E-state index in [1.807, 2.05) is 0 Å². The Morgan fingerprint density at radius 1 is 1.05 bits per heavy atom. The average Bonchev–Trinajstić information content (AvgIpc) is 3.70. The van der Waals surface area contributed by atoms with Gasteiger partial charge in [0.2, 0.25) is 5.69 Å². The number of alkyl halides is 4. The molecule has 208 valence electrons. The lowest BCUT2D eigenvalue weighted by atomic mass is 10.0. The summed E-state index contributed by atoms with van der Waals surface area (Å²) < 4.78 is 74.8. The topological polar surface area (TPSA) is 128 Å². The van der Waals surface area contributed by atoms with Gasteiger partial charge in [-0.3, -0.25) is 0 Å². The first kappa shape index (κ1) is 27.1. The van der Waals surface area contributed by atoms with Crippen molar-refractivity contribution in [1.29, 1.82) is 0 Å². The Balaban J connectivity index is 1.54. The van der Waals surface area contributed by atoms with Gasteiger partial charge in [0.1, 0.15) is 23.8 Å². The van der Waals surface area contributed by atoms with Crippen molar-refractivity contribution in [3.63, 3.8) is 0 Å². The zero-order valence-electron chi connectivity index (χ0n) is 19.9. The molecule has 0 aliphatic rings. The lowest BCUT2D eigenvalue weighted by Gasteiger charge is -2.19. The van der Waals surface area contributed by atoms with Crippen molar-refractivity contribution in [3.05, 3.63) is 77.3 Å². The second-order valence-corrected chi connectivity index (χ2v) is 8.57. The monoisotopic (exact) mass is 582 g/mol. The van der Waals surface area contributed by atoms with E-state index in [4.69, 9.17) is 11.6 Å². The van der Waals surface area contributed by atoms with E-state index < -0.39 is 31.6 Å². The predicted octanol–water partition coefficient (Wildman–Crippen LogP) is 3.82. The third-order valence-electron chi connectivity index (χ3n) is 5.86. The van der Waals surface area contributed by atoms with Crippen LogP contribution in [0.1, 0.15) is 24.7 Å². The number of imidazole rings is 1. The van der Waals surface area contributed by atoms with Crippen molar-refractivity contribution in [1.82, 2.24) is 44.8 Å². The largest absolute Gasteiger partial charge is 0.618 e. The zero-order valence-corrected chi connectivity index (χ0v) is 20.7. The standard InChI is InChI=1S/C22H16ClF5N10O2/c23-13-2-4-17(36-11-31-32-34-36)19(20(13)24)12-1-3-16(37(39)8-12)15(5-6-40-22(27)28)35-9-14(29-10-35)18-7-30-33-38(18)21(25)26/h1-4,7-11,15,21-22H,5-6H2/t15-/m1/s1. The number of hydrogen-bond donors (Lipinski definition) is 0. The molecular formula is C22H16ClF5N10O2. The summed E-state index contributed by atoms with van der Waals surface area (Å²) in [4.78, 5) is 4.09. The van der Waals surface area contributed by atoms with Crippen LogP contribution in [0.15, 0.2) is 55.5 Å². The number of rotatable bonds is 10. The van der Waals surface area contributed by atoms with Crippen molar-refractivity contribution in [3.8, 4) is 28.2 Å². The predicted molar refractivity (Wildman–Crippen MR) is 126 cm³/mol. The van der Waals surface area contributed by atoms with Gasteiger partial charge in [-0.1, -0.05) is 16.8 Å². The van der Waals surface area contributed by atoms with Crippen LogP contribution in [-0.4, -0.2) is 58.0 Å². The molecule has 5 aromatic rings. The van der Waals surface area contributed by atoms with Gasteiger partial charge < -0.3 is 14.5 Å². The molecule has 0 saturated carbocycles. The quantitative estimate of drug-likeness (QED) is 0.138. The summed E-state index contributed by atoms with van der Waals surface area (Å²) >= 11 is 5.99. The van der Waals surface area contributed by atoms with E-state index in [0.717, 1.165) is 12.4 Å². The van der Waals surface area contributed by atoms with Crippen molar-refractivity contribution in [2.45, 2.75) is 25.6 Å². The van der Waals surface area contributed by atoms with Gasteiger partial charge in [-0.25, -0.2) is 9.37 Å². The average molecular weight is 583 g/mol. The van der Waals surface area contributed by atoms with Gasteiger partial charge >= 0.3 is 13.2 Å². The molecule has 18 heteroatoms. The molecule has 1 atom stereocenters. The molecule has 12 nitrogen and oxygen atoms in total. The maximum atomic E-state index is 15.2. The molecule has 5 rings (SSSR count). The first-order valence-corrected chi connectivity index (χ1v) is 11.7. The fourth-order valence-electron chi connectivity index (χ4n) is 4.11. The van der Waals surface area contributed by atoms with Crippen LogP contribution in [0.25, 0.3) is 28.2 Å². The van der Waals surface area contributed by atoms with Gasteiger partial charge in [-0.2, -0.15) is 31.7 Å². The van der Waals surface area contributed by atoms with E-state index >= 15 is 4.39 Å². The fraction of sp³-hybridized carbons (Fsp3) is 0.227. The molecule has 4 aromatic heterocycles. The van der Waals surface area contributed by atoms with Gasteiger partial charge in [0.05, 0.1) is 41.0 Å². The molecule has 0 spiro atoms. The number of halogens is 6. The Hall–Kier alpha value is -4.51. The Morgan fingerprint density at radius 3 is 2.58 bits per heavy atom. The van der Waals surface area contributed by atoms with Crippen LogP contribution < -0.4 is 4.73 Å². The molecule has 0 saturated heterocycles. The maximum Gasteiger partial charge on any atom is 0.345 e. The highest BCUT2D eigenvalue weighted by atomic mass is 35.5. The highest BCUT2D eigenvalue weighted by Gasteiger charge is 2.26. The summed E-state index contributed by atoms with van der Waals surface area (Å²) in [5, 5.41) is 30.7. The maximum absolute atomic E-state index is 15.2. The zero-order chi connectivity index (χ0) is 28.4. The number of ether oxygens (including phenoxy) is 1. The minimum atomic E-state index is -3.05. The molecule has 4 heterocycles. The van der Waals surface area contributed by atoms with Crippen molar-refractivity contribution < 1.29 is 31.4 Å². The van der Waals surface area contributed by atoms with Gasteiger partial charge in [0.15, 0.2) is 12.0 Å². The second-order valence-electron chi connectivity index (χ2n) is 8.16. The minimum Gasteiger partial charge on any atom is -0.618 e. The molecule has 1 aromatic carbocycles. The summed E-state index contributed by atoms with van der Waals surface area (Å²) in [6, 6.07) is 4.63. The van der Waals surface area contributed by atoms with E-state index in [1.165, 1.54) is 52.4 Å². The third-order valence-corrected chi connectivity index (χ3v) is 6.15. The number of hydrogen-bond acceptors (Lipinski definition) is 8. The number of tetrazole rings is 1. The smallest absolute Gasteiger partial charge is 0.345 e. The highest BCUT2D eigenvalue weighted by Crippen LogP contribution is 2.34. The van der Waals surface area contributed by atoms with Crippen LogP contribution in [0.5, 0.6) is 0 Å². The van der Waals surface area contributed by atoms with Crippen LogP contribution in [0, 0.1) is 11.0 Å². The fourth-order valence-corrected chi connectivity index (χ4v) is 4.26. The van der Waals surface area contributed by atoms with Crippen molar-refractivity contribution >= 4 is 11.6 Å². The van der Waals surface area contributed by atoms with E-state index in [-0.39, 0.29) is 45.3 Å². The number of nitrogens with zero attached hydrogens (tertiary/aromatic N) is 10. The van der Waals surface area contributed by atoms with E-state index in [9.17, 15) is 22.8 Å². The van der Waals surface area contributed by atoms with Crippen LogP contribution in [-0.2, 0) is 4.74 Å². The van der Waals surface area contributed by atoms with Crippen LogP contribution in [0.4, 0.5) is 22.0 Å². The Labute approximate surface area is 225 Å². The minimum absolute atomic E-state index is 0.0393. The van der Waals surface area contributed by atoms with E-state index in [1.54, 1.807) is 0 Å². The molecule has 0 aliphatic carbocycles. The summed E-state index contributed by atoms with van der Waals surface area (Å²) in [5.74, 6) is -0.826. The number of aromatic nitrogens is 10. The molecule has 0 fully saturated rings. The summed E-state index contributed by atoms with van der Waals surface area (Å²) in [6.07, 6.45) is 5.84. The van der Waals surface area contributed by atoms with Gasteiger partial charge in [-0.05, 0) is 28.6 Å². The molecule has 40 heavy (non-hydrogen) atoms. The second kappa shape index (κ2) is 11.3. The van der Waals surface area contributed by atoms with Crippen LogP contribution in [0.2, 0.25) is 5.02 Å². The summed E-state index contributed by atoms with van der Waals surface area (Å²) in [5.41, 5.74) is 0.234. The lowest BCUT2D eigenvalue weighted by Crippen LogP contribution is -2.35. The molecule has 0 aliphatic heterocycles. The highest BCUT2D eigenvalue weighted by molar-refractivity contribution is 6.31. The van der Waals surface area contributed by atoms with Gasteiger partial charge in [0, 0.05) is 18.7 Å². The Kier molecular flexibility index (Phi) is 7.65.